The number of rotatable bonds is 10. The van der Waals surface area contributed by atoms with E-state index >= 15 is 0 Å². The van der Waals surface area contributed by atoms with Crippen molar-refractivity contribution in [2.45, 2.75) is 81.0 Å². The molecule has 2 heterocycles. The van der Waals surface area contributed by atoms with Crippen LogP contribution >= 0.6 is 0 Å². The summed E-state index contributed by atoms with van der Waals surface area (Å²) in [5.74, 6) is -2.04. The van der Waals surface area contributed by atoms with Crippen LogP contribution in [0.2, 0.25) is 0 Å². The van der Waals surface area contributed by atoms with Gasteiger partial charge in [0.05, 0.1) is 13.2 Å². The highest BCUT2D eigenvalue weighted by molar-refractivity contribution is 5.89. The Bertz CT molecular complexity index is 1240. The maximum absolute atomic E-state index is 12.6. The zero-order chi connectivity index (χ0) is 30.1. The average Bonchev–Trinajstić information content (AvgIpc) is 3.28. The molecule has 41 heavy (non-hydrogen) atoms. The number of carbonyl (C=O) groups is 5. The summed E-state index contributed by atoms with van der Waals surface area (Å²) in [4.78, 5) is 58.0. The molecule has 0 aromatic heterocycles. The Morgan fingerprint density at radius 3 is 2.49 bits per heavy atom. The second-order valence-corrected chi connectivity index (χ2v) is 11.2. The van der Waals surface area contributed by atoms with Crippen molar-refractivity contribution in [1.82, 2.24) is 10.2 Å². The topological polar surface area (TPSA) is 206 Å². The van der Waals surface area contributed by atoms with Gasteiger partial charge in [0.2, 0.25) is 5.91 Å². The molecule has 13 heteroatoms. The van der Waals surface area contributed by atoms with Crippen LogP contribution in [0.25, 0.3) is 0 Å². The van der Waals surface area contributed by atoms with Crippen molar-refractivity contribution in [2.75, 3.05) is 20.7 Å². The second-order valence-electron chi connectivity index (χ2n) is 11.2. The minimum absolute atomic E-state index is 0.0933. The molecule has 5 rings (SSSR count). The number of aliphatic carboxylic acids is 3. The molecule has 6 N–H and O–H groups in total. The van der Waals surface area contributed by atoms with E-state index in [1.165, 1.54) is 11.1 Å². The molecule has 13 nitrogen and oxygen atoms in total. The lowest BCUT2D eigenvalue weighted by atomic mass is 9.52. The van der Waals surface area contributed by atoms with Crippen LogP contribution in [0.4, 0.5) is 0 Å². The van der Waals surface area contributed by atoms with Crippen molar-refractivity contribution in [3.63, 3.8) is 0 Å². The van der Waals surface area contributed by atoms with E-state index in [4.69, 9.17) is 30.5 Å². The number of carboxylic acids is 3. The summed E-state index contributed by atoms with van der Waals surface area (Å²) in [5, 5.41) is 27.7. The third-order valence-electron chi connectivity index (χ3n) is 8.86. The quantitative estimate of drug-likeness (QED) is 0.259. The van der Waals surface area contributed by atoms with Crippen molar-refractivity contribution >= 4 is 29.6 Å². The summed E-state index contributed by atoms with van der Waals surface area (Å²) in [7, 11) is 3.91. The van der Waals surface area contributed by atoms with E-state index < -0.39 is 42.3 Å². The first kappa shape index (κ1) is 30.3. The van der Waals surface area contributed by atoms with E-state index in [1.807, 2.05) is 6.07 Å². The summed E-state index contributed by atoms with van der Waals surface area (Å²) < 4.78 is 11.8. The van der Waals surface area contributed by atoms with Gasteiger partial charge in [-0.1, -0.05) is 6.07 Å². The van der Waals surface area contributed by atoms with Gasteiger partial charge in [-0.2, -0.15) is 0 Å². The Morgan fingerprint density at radius 1 is 1.17 bits per heavy atom. The highest BCUT2D eigenvalue weighted by atomic mass is 16.5. The minimum Gasteiger partial charge on any atom is -0.493 e. The first-order valence-electron chi connectivity index (χ1n) is 13.7. The number of methoxy groups -OCH3 is 1. The molecule has 1 amide bonds. The van der Waals surface area contributed by atoms with E-state index in [-0.39, 0.29) is 36.6 Å². The normalized spacial score (nSPS) is 26.8. The molecule has 2 fully saturated rings. The van der Waals surface area contributed by atoms with Gasteiger partial charge in [0, 0.05) is 36.3 Å². The number of nitrogens with two attached hydrogens (primary N) is 1. The minimum atomic E-state index is -1.37. The monoisotopic (exact) mass is 575 g/mol. The number of piperidine rings is 1. The highest BCUT2D eigenvalue weighted by Gasteiger charge is 2.65. The molecule has 224 valence electrons. The number of likely N-dealkylation sites (tertiary alicyclic amines) is 1. The average molecular weight is 576 g/mol. The summed E-state index contributed by atoms with van der Waals surface area (Å²) in [5.41, 5.74) is 7.96. The number of carbonyl (C=O) groups excluding carboxylic acids is 2. The van der Waals surface area contributed by atoms with Crippen LogP contribution in [0.15, 0.2) is 12.1 Å². The Labute approximate surface area is 237 Å². The number of ketones is 1. The number of amides is 1. The maximum Gasteiger partial charge on any atom is 0.326 e. The van der Waals surface area contributed by atoms with Gasteiger partial charge in [0.25, 0.3) is 0 Å². The van der Waals surface area contributed by atoms with Crippen LogP contribution in [0.3, 0.4) is 0 Å². The number of likely N-dealkylation sites (N-methyl/N-ethyl adjacent to an activating group) is 1. The van der Waals surface area contributed by atoms with Crippen LogP contribution in [0.5, 0.6) is 11.5 Å². The van der Waals surface area contributed by atoms with Crippen molar-refractivity contribution in [3.8, 4) is 11.5 Å². The van der Waals surface area contributed by atoms with Gasteiger partial charge < -0.3 is 40.7 Å². The van der Waals surface area contributed by atoms with Crippen molar-refractivity contribution in [1.29, 1.82) is 0 Å². The molecule has 1 saturated heterocycles. The molecule has 2 bridgehead atoms. The number of Topliss-reactive ketones (excluding diaryl/α,β-unsaturated/α-hetero) is 1. The molecular weight excluding hydrogens is 538 g/mol. The molecule has 4 aliphatic rings. The van der Waals surface area contributed by atoms with E-state index in [0.29, 0.717) is 18.4 Å². The molecule has 0 unspecified atom stereocenters. The summed E-state index contributed by atoms with van der Waals surface area (Å²) in [6, 6.07) is 2.22. The van der Waals surface area contributed by atoms with Crippen molar-refractivity contribution in [2.24, 2.45) is 11.7 Å². The molecule has 2 aliphatic heterocycles. The number of hydrogen-bond donors (Lipinski definition) is 5. The van der Waals surface area contributed by atoms with Crippen LogP contribution < -0.4 is 20.5 Å². The first-order chi connectivity index (χ1) is 19.4. The Balaban J connectivity index is 0.000000192. The van der Waals surface area contributed by atoms with E-state index in [1.54, 1.807) is 7.11 Å². The van der Waals surface area contributed by atoms with E-state index in [9.17, 15) is 24.0 Å². The van der Waals surface area contributed by atoms with Crippen LogP contribution in [-0.4, -0.2) is 94.7 Å². The Kier molecular flexibility index (Phi) is 8.88. The summed E-state index contributed by atoms with van der Waals surface area (Å²) in [6.07, 6.45) is 2.33. The molecule has 1 spiro atoms. The SMILES string of the molecule is COc1ccc2c3c1O[C@H]1C(=O)CC[C@H]4[C@@H](C2)N(C)CC[C@]314.N[C@@H](CCC(=O)O)C(=O)N[C@@H](CCC(=O)O)C(=O)O. The first-order valence-corrected chi connectivity index (χ1v) is 13.7. The predicted octanol–water partition coefficient (Wildman–Crippen LogP) is 0.546. The van der Waals surface area contributed by atoms with Crippen LogP contribution in [0, 0.1) is 5.92 Å². The fourth-order valence-electron chi connectivity index (χ4n) is 6.88. The zero-order valence-electron chi connectivity index (χ0n) is 23.1. The van der Waals surface area contributed by atoms with Gasteiger partial charge >= 0.3 is 17.9 Å². The fraction of sp³-hybridized carbons (Fsp3) is 0.607. The molecule has 2 aliphatic carbocycles. The molecule has 0 radical (unpaired) electrons. The molecular formula is C28H37N3O10. The summed E-state index contributed by atoms with van der Waals surface area (Å²) in [6.45, 7) is 1.05. The van der Waals surface area contributed by atoms with Gasteiger partial charge in [-0.3, -0.25) is 19.2 Å². The third kappa shape index (κ3) is 5.73. The van der Waals surface area contributed by atoms with Crippen LogP contribution in [0.1, 0.15) is 56.1 Å². The number of benzene rings is 1. The van der Waals surface area contributed by atoms with Crippen molar-refractivity contribution < 1.29 is 48.8 Å². The number of nitrogens with one attached hydrogen (secondary N) is 1. The van der Waals surface area contributed by atoms with Gasteiger partial charge in [0.1, 0.15) is 6.04 Å². The highest BCUT2D eigenvalue weighted by Crippen LogP contribution is 2.63. The fourth-order valence-corrected chi connectivity index (χ4v) is 6.88. The maximum atomic E-state index is 12.6. The smallest absolute Gasteiger partial charge is 0.326 e. The number of ether oxygens (including phenoxy) is 2. The third-order valence-corrected chi connectivity index (χ3v) is 8.86. The second kappa shape index (κ2) is 12.0. The Hall–Kier alpha value is -3.71. The van der Waals surface area contributed by atoms with Crippen molar-refractivity contribution in [3.05, 3.63) is 23.3 Å². The lowest BCUT2D eigenvalue weighted by Gasteiger charge is -2.57. The van der Waals surface area contributed by atoms with E-state index in [0.717, 1.165) is 37.3 Å². The molecule has 1 aromatic carbocycles. The molecule has 6 atom stereocenters. The van der Waals surface area contributed by atoms with Gasteiger partial charge in [0.15, 0.2) is 23.4 Å². The zero-order valence-corrected chi connectivity index (χ0v) is 23.1. The standard InChI is InChI=1S/C18H21NO3.C10H16N2O7/c1-19-8-7-18-11-4-5-13(20)17(18)22-16-14(21-2)6-3-10(15(16)18)9-12(11)19;11-5(1-3-7(13)14)9(17)12-6(10(18)19)2-4-8(15)16/h3,6,11-12,17H,4-5,7-9H2,1-2H3;5-6H,1-4,11H2,(H,12,17)(H,13,14)(H,15,16)(H,18,19)/t11-,12+,17-,18-;5-,6-/m00/s1. The predicted molar refractivity (Wildman–Crippen MR) is 143 cm³/mol. The Morgan fingerprint density at radius 2 is 1.85 bits per heavy atom. The number of nitrogens with zero attached hydrogens (tertiary/aromatic N) is 1. The van der Waals surface area contributed by atoms with Gasteiger partial charge in [-0.05, 0) is 63.2 Å². The van der Waals surface area contributed by atoms with Gasteiger partial charge in [-0.15, -0.1) is 0 Å². The lowest BCUT2D eigenvalue weighted by Crippen LogP contribution is -2.65. The summed E-state index contributed by atoms with van der Waals surface area (Å²) >= 11 is 0. The number of hydrogen-bond acceptors (Lipinski definition) is 9. The lowest BCUT2D eigenvalue weighted by molar-refractivity contribution is -0.143. The molecule has 1 saturated carbocycles. The van der Waals surface area contributed by atoms with E-state index in [2.05, 4.69) is 23.3 Å². The van der Waals surface area contributed by atoms with Gasteiger partial charge in [-0.25, -0.2) is 4.79 Å². The largest absolute Gasteiger partial charge is 0.493 e. The number of carboxylic acid groups (broad SMARTS) is 3. The molecule has 1 aromatic rings. The van der Waals surface area contributed by atoms with Crippen LogP contribution in [-0.2, 0) is 35.8 Å².